The van der Waals surface area contributed by atoms with Gasteiger partial charge in [0, 0.05) is 29.2 Å². The molecule has 0 spiro atoms. The van der Waals surface area contributed by atoms with E-state index in [-0.39, 0.29) is 5.91 Å². The van der Waals surface area contributed by atoms with E-state index in [0.29, 0.717) is 6.54 Å². The average Bonchev–Trinajstić information content (AvgIpc) is 3.04. The molecule has 1 aliphatic heterocycles. The Morgan fingerprint density at radius 3 is 3.05 bits per heavy atom. The first kappa shape index (κ1) is 14.1. The van der Waals surface area contributed by atoms with Gasteiger partial charge in [-0.05, 0) is 55.0 Å². The number of nitrogens with zero attached hydrogens (tertiary/aromatic N) is 1. The molecule has 0 fully saturated rings. The lowest BCUT2D eigenvalue weighted by molar-refractivity contribution is 0.0754. The summed E-state index contributed by atoms with van der Waals surface area (Å²) in [4.78, 5) is 15.8. The van der Waals surface area contributed by atoms with Crippen LogP contribution in [0.1, 0.15) is 34.1 Å². The SMILES string of the molecule is CCN(Cc1cccs1)C(=O)c1ccc2c(c1)CCCN2. The maximum atomic E-state index is 12.7. The van der Waals surface area contributed by atoms with E-state index in [0.717, 1.165) is 31.5 Å². The van der Waals surface area contributed by atoms with E-state index >= 15 is 0 Å². The minimum atomic E-state index is 0.124. The molecule has 110 valence electrons. The minimum Gasteiger partial charge on any atom is -0.385 e. The summed E-state index contributed by atoms with van der Waals surface area (Å²) in [5.41, 5.74) is 3.24. The highest BCUT2D eigenvalue weighted by Gasteiger charge is 2.17. The van der Waals surface area contributed by atoms with E-state index in [1.807, 2.05) is 30.0 Å². The third-order valence-corrected chi connectivity index (χ3v) is 4.75. The van der Waals surface area contributed by atoms with Crippen molar-refractivity contribution in [2.75, 3.05) is 18.4 Å². The number of carbonyl (C=O) groups excluding carboxylic acids is 1. The lowest BCUT2D eigenvalue weighted by Gasteiger charge is -2.22. The summed E-state index contributed by atoms with van der Waals surface area (Å²) in [5, 5.41) is 5.44. The Bertz CT molecular complexity index is 622. The van der Waals surface area contributed by atoms with E-state index in [1.165, 1.54) is 16.1 Å². The summed E-state index contributed by atoms with van der Waals surface area (Å²) in [7, 11) is 0. The predicted molar refractivity (Wildman–Crippen MR) is 88.0 cm³/mol. The molecule has 0 unspecified atom stereocenters. The number of rotatable bonds is 4. The Morgan fingerprint density at radius 1 is 1.38 bits per heavy atom. The van der Waals surface area contributed by atoms with Crippen LogP contribution in [-0.2, 0) is 13.0 Å². The Balaban J connectivity index is 1.79. The van der Waals surface area contributed by atoms with Crippen molar-refractivity contribution < 1.29 is 4.79 Å². The summed E-state index contributed by atoms with van der Waals surface area (Å²) >= 11 is 1.70. The van der Waals surface area contributed by atoms with Gasteiger partial charge in [0.05, 0.1) is 6.54 Å². The normalized spacial score (nSPS) is 13.4. The number of amides is 1. The fourth-order valence-corrected chi connectivity index (χ4v) is 3.43. The van der Waals surface area contributed by atoms with Crippen molar-refractivity contribution in [2.24, 2.45) is 0 Å². The first-order valence-corrected chi connectivity index (χ1v) is 8.34. The molecule has 0 saturated carbocycles. The van der Waals surface area contributed by atoms with Gasteiger partial charge in [-0.1, -0.05) is 6.07 Å². The number of hydrogen-bond donors (Lipinski definition) is 1. The van der Waals surface area contributed by atoms with Crippen molar-refractivity contribution in [3.05, 3.63) is 51.7 Å². The largest absolute Gasteiger partial charge is 0.385 e. The second-order valence-electron chi connectivity index (χ2n) is 5.30. The highest BCUT2D eigenvalue weighted by Crippen LogP contribution is 2.24. The zero-order valence-electron chi connectivity index (χ0n) is 12.3. The number of fused-ring (bicyclic) bond motifs is 1. The third-order valence-electron chi connectivity index (χ3n) is 3.89. The molecule has 4 heteroatoms. The Labute approximate surface area is 129 Å². The minimum absolute atomic E-state index is 0.124. The highest BCUT2D eigenvalue weighted by atomic mass is 32.1. The van der Waals surface area contributed by atoms with Crippen LogP contribution in [0.25, 0.3) is 0 Å². The fraction of sp³-hybridized carbons (Fsp3) is 0.353. The number of hydrogen-bond acceptors (Lipinski definition) is 3. The summed E-state index contributed by atoms with van der Waals surface area (Å²) in [6.07, 6.45) is 2.19. The van der Waals surface area contributed by atoms with Crippen LogP contribution in [0.15, 0.2) is 35.7 Å². The van der Waals surface area contributed by atoms with Crippen LogP contribution in [0.3, 0.4) is 0 Å². The molecule has 1 aromatic carbocycles. The van der Waals surface area contributed by atoms with Gasteiger partial charge in [-0.2, -0.15) is 0 Å². The molecular formula is C17H20N2OS. The summed E-state index contributed by atoms with van der Waals surface area (Å²) < 4.78 is 0. The molecule has 2 heterocycles. The summed E-state index contributed by atoms with van der Waals surface area (Å²) in [5.74, 6) is 0.124. The Hall–Kier alpha value is -1.81. The fourth-order valence-electron chi connectivity index (χ4n) is 2.71. The second kappa shape index (κ2) is 6.31. The van der Waals surface area contributed by atoms with Crippen molar-refractivity contribution in [1.82, 2.24) is 4.90 Å². The second-order valence-corrected chi connectivity index (χ2v) is 6.33. The monoisotopic (exact) mass is 300 g/mol. The maximum Gasteiger partial charge on any atom is 0.254 e. The third kappa shape index (κ3) is 3.10. The molecular weight excluding hydrogens is 280 g/mol. The Kier molecular flexibility index (Phi) is 4.25. The van der Waals surface area contributed by atoms with Crippen LogP contribution >= 0.6 is 11.3 Å². The first-order chi connectivity index (χ1) is 10.3. The molecule has 1 aromatic heterocycles. The van der Waals surface area contributed by atoms with Gasteiger partial charge in [0.2, 0.25) is 0 Å². The molecule has 1 aliphatic rings. The summed E-state index contributed by atoms with van der Waals surface area (Å²) in [6, 6.07) is 10.2. The number of nitrogens with one attached hydrogen (secondary N) is 1. The van der Waals surface area contributed by atoms with Crippen LogP contribution in [0.4, 0.5) is 5.69 Å². The van der Waals surface area contributed by atoms with Gasteiger partial charge in [-0.3, -0.25) is 4.79 Å². The first-order valence-electron chi connectivity index (χ1n) is 7.46. The van der Waals surface area contributed by atoms with Crippen LogP contribution in [0.2, 0.25) is 0 Å². The molecule has 0 atom stereocenters. The van der Waals surface area contributed by atoms with Gasteiger partial charge in [0.15, 0.2) is 0 Å². The number of aryl methyl sites for hydroxylation is 1. The molecule has 0 bridgehead atoms. The predicted octanol–water partition coefficient (Wildman–Crippen LogP) is 3.77. The molecule has 0 radical (unpaired) electrons. The van der Waals surface area contributed by atoms with E-state index in [1.54, 1.807) is 11.3 Å². The van der Waals surface area contributed by atoms with Crippen LogP contribution in [0, 0.1) is 0 Å². The zero-order valence-corrected chi connectivity index (χ0v) is 13.1. The molecule has 0 saturated heterocycles. The van der Waals surface area contributed by atoms with Crippen LogP contribution in [0.5, 0.6) is 0 Å². The van der Waals surface area contributed by atoms with E-state index in [9.17, 15) is 4.79 Å². The van der Waals surface area contributed by atoms with Crippen LogP contribution in [-0.4, -0.2) is 23.9 Å². The standard InChI is InChI=1S/C17H20N2OS/c1-2-19(12-15-6-4-10-21-15)17(20)14-7-8-16-13(11-14)5-3-9-18-16/h4,6-8,10-11,18H,2-3,5,9,12H2,1H3. The molecule has 2 aromatic rings. The highest BCUT2D eigenvalue weighted by molar-refractivity contribution is 7.09. The number of thiophene rings is 1. The van der Waals surface area contributed by atoms with E-state index in [2.05, 4.69) is 22.8 Å². The van der Waals surface area contributed by atoms with Crippen molar-refractivity contribution in [1.29, 1.82) is 0 Å². The quantitative estimate of drug-likeness (QED) is 0.932. The van der Waals surface area contributed by atoms with Crippen molar-refractivity contribution in [3.8, 4) is 0 Å². The smallest absolute Gasteiger partial charge is 0.254 e. The number of benzene rings is 1. The van der Waals surface area contributed by atoms with Gasteiger partial charge in [0.1, 0.15) is 0 Å². The van der Waals surface area contributed by atoms with Gasteiger partial charge in [-0.15, -0.1) is 11.3 Å². The summed E-state index contributed by atoms with van der Waals surface area (Å²) in [6.45, 7) is 4.49. The number of anilines is 1. The van der Waals surface area contributed by atoms with E-state index in [4.69, 9.17) is 0 Å². The zero-order chi connectivity index (χ0) is 14.7. The molecule has 3 nitrogen and oxygen atoms in total. The van der Waals surface area contributed by atoms with Crippen molar-refractivity contribution in [2.45, 2.75) is 26.3 Å². The van der Waals surface area contributed by atoms with Crippen molar-refractivity contribution in [3.63, 3.8) is 0 Å². The van der Waals surface area contributed by atoms with Crippen molar-refractivity contribution >= 4 is 22.9 Å². The lowest BCUT2D eigenvalue weighted by Crippen LogP contribution is -2.30. The average molecular weight is 300 g/mol. The molecule has 1 N–H and O–H groups in total. The maximum absolute atomic E-state index is 12.7. The topological polar surface area (TPSA) is 32.3 Å². The van der Waals surface area contributed by atoms with Gasteiger partial charge < -0.3 is 10.2 Å². The van der Waals surface area contributed by atoms with E-state index < -0.39 is 0 Å². The van der Waals surface area contributed by atoms with Gasteiger partial charge in [-0.25, -0.2) is 0 Å². The Morgan fingerprint density at radius 2 is 2.29 bits per heavy atom. The number of carbonyl (C=O) groups is 1. The van der Waals surface area contributed by atoms with Gasteiger partial charge >= 0.3 is 0 Å². The molecule has 21 heavy (non-hydrogen) atoms. The molecule has 3 rings (SSSR count). The van der Waals surface area contributed by atoms with Gasteiger partial charge in [0.25, 0.3) is 5.91 Å². The molecule has 1 amide bonds. The molecule has 0 aliphatic carbocycles. The lowest BCUT2D eigenvalue weighted by atomic mass is 10.0. The van der Waals surface area contributed by atoms with Crippen LogP contribution < -0.4 is 5.32 Å².